The topological polar surface area (TPSA) is 82.6 Å². The van der Waals surface area contributed by atoms with Gasteiger partial charge in [-0.1, -0.05) is 17.4 Å². The summed E-state index contributed by atoms with van der Waals surface area (Å²) in [6.45, 7) is 0.761. The summed E-state index contributed by atoms with van der Waals surface area (Å²) in [7, 11) is 3.19. The molecule has 0 radical (unpaired) electrons. The Morgan fingerprint density at radius 1 is 1.32 bits per heavy atom. The predicted molar refractivity (Wildman–Crippen MR) is 94.3 cm³/mol. The summed E-state index contributed by atoms with van der Waals surface area (Å²) in [5.41, 5.74) is 1.00. The summed E-state index contributed by atoms with van der Waals surface area (Å²) >= 11 is 1.38. The molecule has 0 bridgehead atoms. The van der Waals surface area contributed by atoms with E-state index in [1.165, 1.54) is 11.3 Å². The average molecular weight is 363 g/mol. The molecule has 3 rings (SSSR count). The molecule has 1 aromatic heterocycles. The van der Waals surface area contributed by atoms with Crippen LogP contribution in [0.1, 0.15) is 35.9 Å². The van der Waals surface area contributed by atoms with Crippen molar-refractivity contribution >= 4 is 22.4 Å². The molecular formula is C17H21N3O4S. The largest absolute Gasteiger partial charge is 0.493 e. The van der Waals surface area contributed by atoms with Crippen molar-refractivity contribution in [3.05, 3.63) is 28.8 Å². The number of nitrogens with zero attached hydrogens (tertiary/aromatic N) is 2. The van der Waals surface area contributed by atoms with Crippen molar-refractivity contribution in [3.63, 3.8) is 0 Å². The number of aromatic nitrogens is 2. The minimum absolute atomic E-state index is 0.0231. The van der Waals surface area contributed by atoms with E-state index in [0.717, 1.165) is 30.0 Å². The number of anilines is 1. The Bertz CT molecular complexity index is 728. The quantitative estimate of drug-likeness (QED) is 0.814. The second-order valence-electron chi connectivity index (χ2n) is 5.68. The zero-order valence-corrected chi connectivity index (χ0v) is 15.1. The molecule has 1 saturated heterocycles. The van der Waals surface area contributed by atoms with Crippen LogP contribution in [-0.4, -0.2) is 36.9 Å². The highest BCUT2D eigenvalue weighted by Gasteiger charge is 2.22. The highest BCUT2D eigenvalue weighted by molar-refractivity contribution is 7.15. The Balaban J connectivity index is 1.52. The second-order valence-corrected chi connectivity index (χ2v) is 6.69. The van der Waals surface area contributed by atoms with Crippen molar-refractivity contribution in [2.45, 2.75) is 31.8 Å². The maximum Gasteiger partial charge on any atom is 0.226 e. The number of aryl methyl sites for hydroxylation is 1. The standard InChI is InChI=1S/C17H21N3O4S/c1-22-12-7-5-11(10-14(12)23-2)6-8-15(21)18-17-20-19-16(25-17)13-4-3-9-24-13/h5,7,10,13H,3-4,6,8-9H2,1-2H3,(H,18,20,21)/t13-/m1/s1. The molecular weight excluding hydrogens is 342 g/mol. The Morgan fingerprint density at radius 2 is 2.16 bits per heavy atom. The Kier molecular flexibility index (Phi) is 5.83. The third-order valence-corrected chi connectivity index (χ3v) is 4.91. The van der Waals surface area contributed by atoms with Gasteiger partial charge in [0.05, 0.1) is 14.2 Å². The molecule has 1 N–H and O–H groups in total. The Morgan fingerprint density at radius 3 is 2.88 bits per heavy atom. The fraction of sp³-hybridized carbons (Fsp3) is 0.471. The number of benzene rings is 1. The van der Waals surface area contributed by atoms with Gasteiger partial charge in [0.15, 0.2) is 11.5 Å². The lowest BCUT2D eigenvalue weighted by molar-refractivity contribution is -0.116. The van der Waals surface area contributed by atoms with Gasteiger partial charge in [-0.15, -0.1) is 10.2 Å². The van der Waals surface area contributed by atoms with Crippen LogP contribution in [0.25, 0.3) is 0 Å². The molecule has 0 aliphatic carbocycles. The molecule has 1 aliphatic rings. The predicted octanol–water partition coefficient (Wildman–Crippen LogP) is 2.98. The lowest BCUT2D eigenvalue weighted by atomic mass is 10.1. The van der Waals surface area contributed by atoms with Gasteiger partial charge in [-0.2, -0.15) is 0 Å². The normalized spacial score (nSPS) is 16.6. The van der Waals surface area contributed by atoms with E-state index < -0.39 is 0 Å². The van der Waals surface area contributed by atoms with Gasteiger partial charge in [-0.3, -0.25) is 4.79 Å². The van der Waals surface area contributed by atoms with Crippen LogP contribution < -0.4 is 14.8 Å². The van der Waals surface area contributed by atoms with Gasteiger partial charge in [0.2, 0.25) is 11.0 Å². The first-order chi connectivity index (χ1) is 12.2. The number of rotatable bonds is 7. The van der Waals surface area contributed by atoms with Crippen molar-refractivity contribution in [1.29, 1.82) is 0 Å². The molecule has 0 spiro atoms. The minimum atomic E-state index is -0.0928. The molecule has 8 heteroatoms. The SMILES string of the molecule is COc1ccc(CCC(=O)Nc2nnc([C@H]3CCCO3)s2)cc1OC. The van der Waals surface area contributed by atoms with E-state index in [1.54, 1.807) is 14.2 Å². The smallest absolute Gasteiger partial charge is 0.226 e. The zero-order valence-electron chi connectivity index (χ0n) is 14.3. The summed E-state index contributed by atoms with van der Waals surface area (Å²) in [4.78, 5) is 12.1. The first-order valence-corrected chi connectivity index (χ1v) is 8.97. The molecule has 7 nitrogen and oxygen atoms in total. The van der Waals surface area contributed by atoms with Crippen molar-refractivity contribution in [2.75, 3.05) is 26.1 Å². The van der Waals surface area contributed by atoms with Crippen LogP contribution in [0.4, 0.5) is 5.13 Å². The first-order valence-electron chi connectivity index (χ1n) is 8.15. The summed E-state index contributed by atoms with van der Waals surface area (Å²) in [5.74, 6) is 1.24. The highest BCUT2D eigenvalue weighted by Crippen LogP contribution is 2.32. The summed E-state index contributed by atoms with van der Waals surface area (Å²) in [6, 6.07) is 5.65. The third-order valence-electron chi connectivity index (χ3n) is 3.98. The minimum Gasteiger partial charge on any atom is -0.493 e. The van der Waals surface area contributed by atoms with Gasteiger partial charge in [-0.25, -0.2) is 0 Å². The molecule has 1 amide bonds. The van der Waals surface area contributed by atoms with Crippen LogP contribution in [0.3, 0.4) is 0 Å². The van der Waals surface area contributed by atoms with E-state index >= 15 is 0 Å². The second kappa shape index (κ2) is 8.26. The van der Waals surface area contributed by atoms with E-state index in [9.17, 15) is 4.79 Å². The summed E-state index contributed by atoms with van der Waals surface area (Å²) in [6.07, 6.45) is 2.97. The fourth-order valence-corrected chi connectivity index (χ4v) is 3.51. The first kappa shape index (κ1) is 17.6. The van der Waals surface area contributed by atoms with Gasteiger partial charge in [-0.05, 0) is 37.0 Å². The number of carbonyl (C=O) groups excluding carboxylic acids is 1. The van der Waals surface area contributed by atoms with Gasteiger partial charge in [0.1, 0.15) is 11.1 Å². The lowest BCUT2D eigenvalue weighted by Gasteiger charge is -2.09. The van der Waals surface area contributed by atoms with Crippen LogP contribution in [0.2, 0.25) is 0 Å². The van der Waals surface area contributed by atoms with E-state index in [4.69, 9.17) is 14.2 Å². The van der Waals surface area contributed by atoms with E-state index in [0.29, 0.717) is 29.5 Å². The van der Waals surface area contributed by atoms with Crippen molar-refractivity contribution in [1.82, 2.24) is 10.2 Å². The number of methoxy groups -OCH3 is 2. The Labute approximate surface area is 150 Å². The molecule has 2 heterocycles. The zero-order chi connectivity index (χ0) is 17.6. The highest BCUT2D eigenvalue weighted by atomic mass is 32.1. The van der Waals surface area contributed by atoms with E-state index in [2.05, 4.69) is 15.5 Å². The number of hydrogen-bond acceptors (Lipinski definition) is 7. The Hall–Kier alpha value is -2.19. The van der Waals surface area contributed by atoms with Crippen molar-refractivity contribution in [2.24, 2.45) is 0 Å². The molecule has 25 heavy (non-hydrogen) atoms. The van der Waals surface area contributed by atoms with Crippen molar-refractivity contribution in [3.8, 4) is 11.5 Å². The molecule has 1 fully saturated rings. The number of ether oxygens (including phenoxy) is 3. The van der Waals surface area contributed by atoms with Crippen LogP contribution >= 0.6 is 11.3 Å². The summed E-state index contributed by atoms with van der Waals surface area (Å²) in [5, 5.41) is 12.3. The lowest BCUT2D eigenvalue weighted by Crippen LogP contribution is -2.12. The van der Waals surface area contributed by atoms with Crippen molar-refractivity contribution < 1.29 is 19.0 Å². The van der Waals surface area contributed by atoms with Gasteiger partial charge in [0.25, 0.3) is 0 Å². The third kappa shape index (κ3) is 4.46. The number of amides is 1. The maximum absolute atomic E-state index is 12.1. The summed E-state index contributed by atoms with van der Waals surface area (Å²) < 4.78 is 16.1. The fourth-order valence-electron chi connectivity index (χ4n) is 2.66. The molecule has 1 atom stereocenters. The maximum atomic E-state index is 12.1. The van der Waals surface area contributed by atoms with Crippen LogP contribution in [0.15, 0.2) is 18.2 Å². The number of carbonyl (C=O) groups is 1. The molecule has 2 aromatic rings. The number of hydrogen-bond donors (Lipinski definition) is 1. The molecule has 0 saturated carbocycles. The molecule has 134 valence electrons. The average Bonchev–Trinajstić information content (AvgIpc) is 3.31. The van der Waals surface area contributed by atoms with E-state index in [1.807, 2.05) is 18.2 Å². The van der Waals surface area contributed by atoms with Crippen LogP contribution in [0.5, 0.6) is 11.5 Å². The van der Waals surface area contributed by atoms with Crippen LogP contribution in [0, 0.1) is 0 Å². The van der Waals surface area contributed by atoms with Gasteiger partial charge < -0.3 is 19.5 Å². The monoisotopic (exact) mass is 363 g/mol. The number of nitrogens with one attached hydrogen (secondary N) is 1. The van der Waals surface area contributed by atoms with Crippen LogP contribution in [-0.2, 0) is 16.0 Å². The van der Waals surface area contributed by atoms with Gasteiger partial charge >= 0.3 is 0 Å². The van der Waals surface area contributed by atoms with E-state index in [-0.39, 0.29) is 12.0 Å². The molecule has 1 aliphatic heterocycles. The molecule has 1 aromatic carbocycles. The van der Waals surface area contributed by atoms with Gasteiger partial charge in [0, 0.05) is 13.0 Å². The molecule has 0 unspecified atom stereocenters.